The van der Waals surface area contributed by atoms with Crippen molar-refractivity contribution in [3.63, 3.8) is 0 Å². The first-order chi connectivity index (χ1) is 35.4. The molecule has 0 aliphatic heterocycles. The number of unbranched alkanes of at least 4 members (excludes halogenated alkanes) is 2. The van der Waals surface area contributed by atoms with Gasteiger partial charge < -0.3 is 33.2 Å². The zero-order valence-corrected chi connectivity index (χ0v) is 47.8. The van der Waals surface area contributed by atoms with E-state index in [1.54, 1.807) is 134 Å². The Morgan fingerprint density at radius 1 is 0.571 bits per heavy atom. The number of nitrogens with one attached hydrogen (secondary N) is 2. The van der Waals surface area contributed by atoms with Crippen LogP contribution in [0.15, 0.2) is 83.9 Å². The SMILES string of the molecule is CC(C)(C)OC(=O)CCCCCN(C(CC(=O)OC(C)(C)C)C(=O)OC(C)(C)C)S(=O)(=O)N(Cc1ccc(OC(=O)c2ccc(N=C(NC(=O)OC(C)(C)C)NC(=O)OC(C)(C)C)cc2)cc1)C(=O)OCc1ccccc1. The molecule has 0 saturated heterocycles. The smallest absolute Gasteiger partial charge is 0.425 e. The molecule has 1 atom stereocenters. The van der Waals surface area contributed by atoms with Gasteiger partial charge in [0, 0.05) is 13.0 Å². The Bertz CT molecular complexity index is 2610. The molecule has 3 amide bonds. The number of guanidine groups is 1. The van der Waals surface area contributed by atoms with Crippen LogP contribution in [-0.4, -0.2) is 106 Å². The van der Waals surface area contributed by atoms with Crippen LogP contribution in [0.4, 0.5) is 20.1 Å². The third-order valence-electron chi connectivity index (χ3n) is 9.51. The molecule has 0 bridgehead atoms. The average Bonchev–Trinajstić information content (AvgIpc) is 3.25. The summed E-state index contributed by atoms with van der Waals surface area (Å²) in [6.07, 6.45) is -3.26. The Kier molecular flexibility index (Phi) is 22.8. The van der Waals surface area contributed by atoms with Gasteiger partial charge in [0.2, 0.25) is 5.96 Å². The predicted molar refractivity (Wildman–Crippen MR) is 286 cm³/mol. The summed E-state index contributed by atoms with van der Waals surface area (Å²) in [5.41, 5.74) is -3.58. The number of carbonyl (C=O) groups is 7. The minimum absolute atomic E-state index is 0.0239. The maximum Gasteiger partial charge on any atom is 0.425 e. The van der Waals surface area contributed by atoms with Gasteiger partial charge in [0.1, 0.15) is 46.4 Å². The third kappa shape index (κ3) is 25.1. The number of rotatable bonds is 19. The van der Waals surface area contributed by atoms with Crippen molar-refractivity contribution in [1.29, 1.82) is 0 Å². The molecule has 0 spiro atoms. The molecule has 3 aromatic rings. The molecule has 3 rings (SSSR count). The Balaban J connectivity index is 2.01. The first kappa shape index (κ1) is 64.2. The highest BCUT2D eigenvalue weighted by Crippen LogP contribution is 2.26. The van der Waals surface area contributed by atoms with E-state index in [2.05, 4.69) is 15.6 Å². The Labute approximate surface area is 452 Å². The van der Waals surface area contributed by atoms with E-state index in [1.165, 1.54) is 48.5 Å². The lowest BCUT2D eigenvalue weighted by Gasteiger charge is -2.35. The molecule has 22 heteroatoms. The second kappa shape index (κ2) is 27.3. The van der Waals surface area contributed by atoms with Crippen molar-refractivity contribution in [2.24, 2.45) is 4.99 Å². The van der Waals surface area contributed by atoms with Crippen molar-refractivity contribution < 1.29 is 75.1 Å². The van der Waals surface area contributed by atoms with Crippen LogP contribution in [0.25, 0.3) is 0 Å². The molecule has 0 aromatic heterocycles. The highest BCUT2D eigenvalue weighted by Gasteiger charge is 2.44. The summed E-state index contributed by atoms with van der Waals surface area (Å²) in [4.78, 5) is 97.2. The van der Waals surface area contributed by atoms with Crippen LogP contribution in [0.3, 0.4) is 0 Å². The quantitative estimate of drug-likeness (QED) is 0.0282. The number of aliphatic imine (C=N–C) groups is 1. The third-order valence-corrected chi connectivity index (χ3v) is 11.4. The molecule has 77 heavy (non-hydrogen) atoms. The fourth-order valence-electron chi connectivity index (χ4n) is 6.59. The van der Waals surface area contributed by atoms with Crippen LogP contribution in [0.1, 0.15) is 157 Å². The number of nitrogens with zero attached hydrogens (tertiary/aromatic N) is 3. The molecule has 424 valence electrons. The molecular weight excluding hydrogens is 1020 g/mol. The van der Waals surface area contributed by atoms with Crippen LogP contribution >= 0.6 is 0 Å². The number of amides is 3. The highest BCUT2D eigenvalue weighted by molar-refractivity contribution is 7.87. The summed E-state index contributed by atoms with van der Waals surface area (Å²) >= 11 is 0. The van der Waals surface area contributed by atoms with E-state index in [1.807, 2.05) is 0 Å². The van der Waals surface area contributed by atoms with E-state index < -0.39 is 106 Å². The lowest BCUT2D eigenvalue weighted by Crippen LogP contribution is -2.55. The number of esters is 4. The van der Waals surface area contributed by atoms with Gasteiger partial charge in [-0.3, -0.25) is 25.0 Å². The van der Waals surface area contributed by atoms with Crippen molar-refractivity contribution in [3.05, 3.63) is 95.6 Å². The standard InChI is InChI=1S/C55H77N5O16S/c1-51(2,3)72-43(61)24-20-17-21-33-59(42(46(64)74-53(7,8)9)34-44(62)73-52(4,5)6)77(68,69)60(50(67)70-36-38-22-18-16-19-23-38)35-37-25-31-41(32-26-37)71-45(63)39-27-29-40(30-28-39)56-47(57-48(65)75-54(10,11)12)58-49(66)76-55(13,14)15/h16,18-19,22-23,25-32,42H,17,20-21,24,33-36H2,1-15H3,(H2,56,57,58,65,66). The molecule has 0 aliphatic carbocycles. The van der Waals surface area contributed by atoms with E-state index in [4.69, 9.17) is 33.2 Å². The van der Waals surface area contributed by atoms with Crippen LogP contribution in [0, 0.1) is 0 Å². The minimum Gasteiger partial charge on any atom is -0.460 e. The summed E-state index contributed by atoms with van der Waals surface area (Å²) in [5.74, 6) is -3.54. The Morgan fingerprint density at radius 2 is 1.08 bits per heavy atom. The fraction of sp³-hybridized carbons (Fsp3) is 0.527. The first-order valence-corrected chi connectivity index (χ1v) is 26.4. The molecular formula is C55H77N5O16S. The Morgan fingerprint density at radius 3 is 1.58 bits per heavy atom. The van der Waals surface area contributed by atoms with Gasteiger partial charge in [0.15, 0.2) is 0 Å². The highest BCUT2D eigenvalue weighted by atomic mass is 32.2. The number of benzene rings is 3. The monoisotopic (exact) mass is 1100 g/mol. The summed E-state index contributed by atoms with van der Waals surface area (Å²) in [5, 5.41) is 4.76. The number of hydrogen-bond donors (Lipinski definition) is 2. The molecule has 0 fully saturated rings. The maximum absolute atomic E-state index is 15.2. The molecule has 2 N–H and O–H groups in total. The summed E-state index contributed by atoms with van der Waals surface area (Å²) in [6.45, 7) is 23.3. The van der Waals surface area contributed by atoms with Gasteiger partial charge in [0.05, 0.1) is 24.2 Å². The van der Waals surface area contributed by atoms with E-state index in [-0.39, 0.29) is 60.8 Å². The van der Waals surface area contributed by atoms with Crippen molar-refractivity contribution >= 4 is 64.0 Å². The van der Waals surface area contributed by atoms with Crippen molar-refractivity contribution in [3.8, 4) is 5.75 Å². The van der Waals surface area contributed by atoms with E-state index >= 15 is 8.42 Å². The summed E-state index contributed by atoms with van der Waals surface area (Å²) in [7, 11) is -5.14. The van der Waals surface area contributed by atoms with Gasteiger partial charge in [-0.2, -0.15) is 17.0 Å². The van der Waals surface area contributed by atoms with Crippen molar-refractivity contribution in [1.82, 2.24) is 19.2 Å². The molecule has 0 radical (unpaired) electrons. The minimum atomic E-state index is -5.14. The van der Waals surface area contributed by atoms with E-state index in [0.717, 1.165) is 4.31 Å². The average molecular weight is 1100 g/mol. The molecule has 0 aliphatic rings. The summed E-state index contributed by atoms with van der Waals surface area (Å²) in [6, 6.07) is 17.9. The van der Waals surface area contributed by atoms with Gasteiger partial charge in [-0.05, 0) is 164 Å². The number of hydrogen-bond acceptors (Lipinski definition) is 17. The number of carbonyl (C=O) groups excluding carboxylic acids is 7. The van der Waals surface area contributed by atoms with Gasteiger partial charge >= 0.3 is 52.4 Å². The van der Waals surface area contributed by atoms with Crippen LogP contribution in [-0.2, 0) is 66.2 Å². The predicted octanol–water partition coefficient (Wildman–Crippen LogP) is 9.97. The van der Waals surface area contributed by atoms with Gasteiger partial charge in [-0.25, -0.2) is 24.2 Å². The van der Waals surface area contributed by atoms with Crippen LogP contribution < -0.4 is 15.4 Å². The van der Waals surface area contributed by atoms with Crippen LogP contribution in [0.5, 0.6) is 5.75 Å². The van der Waals surface area contributed by atoms with E-state index in [9.17, 15) is 33.6 Å². The normalized spacial score (nSPS) is 12.5. The fourth-order valence-corrected chi connectivity index (χ4v) is 8.24. The molecule has 21 nitrogen and oxygen atoms in total. The summed E-state index contributed by atoms with van der Waals surface area (Å²) < 4.78 is 70.1. The van der Waals surface area contributed by atoms with Crippen LogP contribution in [0.2, 0.25) is 0 Å². The zero-order valence-electron chi connectivity index (χ0n) is 47.0. The maximum atomic E-state index is 15.2. The van der Waals surface area contributed by atoms with Crippen molar-refractivity contribution in [2.45, 2.75) is 183 Å². The second-order valence-corrected chi connectivity index (χ2v) is 24.5. The van der Waals surface area contributed by atoms with Gasteiger partial charge in [-0.15, -0.1) is 0 Å². The molecule has 0 saturated carbocycles. The second-order valence-electron chi connectivity index (χ2n) is 22.7. The number of ether oxygens (including phenoxy) is 7. The molecule has 1 unspecified atom stereocenters. The topological polar surface area (TPSA) is 261 Å². The van der Waals surface area contributed by atoms with Crippen molar-refractivity contribution in [2.75, 3.05) is 6.54 Å². The number of alkyl carbamates (subject to hydrolysis) is 2. The molecule has 3 aromatic carbocycles. The zero-order chi connectivity index (χ0) is 58.2. The van der Waals surface area contributed by atoms with Gasteiger partial charge in [0.25, 0.3) is 0 Å². The first-order valence-electron chi connectivity index (χ1n) is 25.0. The Hall–Kier alpha value is -7.07. The molecule has 0 heterocycles. The van der Waals surface area contributed by atoms with E-state index in [0.29, 0.717) is 9.87 Å². The van der Waals surface area contributed by atoms with Gasteiger partial charge in [-0.1, -0.05) is 48.9 Å². The largest absolute Gasteiger partial charge is 0.460 e. The lowest BCUT2D eigenvalue weighted by atomic mass is 10.1. The lowest BCUT2D eigenvalue weighted by molar-refractivity contribution is -0.167.